The first-order valence-corrected chi connectivity index (χ1v) is 12.3. The molecule has 4 aromatic rings. The number of para-hydroxylation sites is 1. The fourth-order valence-electron chi connectivity index (χ4n) is 5.17. The zero-order chi connectivity index (χ0) is 24.2. The highest BCUT2D eigenvalue weighted by molar-refractivity contribution is 5.89. The minimum Gasteiger partial charge on any atom is -0.489 e. The van der Waals surface area contributed by atoms with Crippen LogP contribution in [0, 0.1) is 6.92 Å². The van der Waals surface area contributed by atoms with Crippen LogP contribution in [0.15, 0.2) is 84.9 Å². The quantitative estimate of drug-likeness (QED) is 0.267. The predicted molar refractivity (Wildman–Crippen MR) is 140 cm³/mol. The average molecular weight is 466 g/mol. The lowest BCUT2D eigenvalue weighted by atomic mass is 9.81. The Hall–Kier alpha value is -3.63. The van der Waals surface area contributed by atoms with Crippen molar-refractivity contribution in [2.75, 3.05) is 20.2 Å². The van der Waals surface area contributed by atoms with E-state index in [1.165, 1.54) is 34.6 Å². The summed E-state index contributed by atoms with van der Waals surface area (Å²) in [5.41, 5.74) is 5.44. The van der Waals surface area contributed by atoms with E-state index >= 15 is 0 Å². The molecule has 1 aliphatic heterocycles. The second-order valence-corrected chi connectivity index (χ2v) is 9.22. The van der Waals surface area contributed by atoms with Crippen molar-refractivity contribution < 1.29 is 14.3 Å². The molecule has 0 amide bonds. The average Bonchev–Trinajstić information content (AvgIpc) is 2.90. The third kappa shape index (κ3) is 4.94. The number of benzene rings is 4. The number of hydrogen-bond acceptors (Lipinski definition) is 4. The second kappa shape index (κ2) is 10.3. The van der Waals surface area contributed by atoms with E-state index in [0.29, 0.717) is 5.56 Å². The van der Waals surface area contributed by atoms with Gasteiger partial charge >= 0.3 is 5.97 Å². The van der Waals surface area contributed by atoms with Crippen molar-refractivity contribution in [1.29, 1.82) is 0 Å². The minimum atomic E-state index is -0.307. The Labute approximate surface area is 206 Å². The SMILES string of the molecule is COC(=O)c1ccc(C)c(C2CC(CNCCc3cccc4ccccc34)Oc3ccccc32)c1. The summed E-state index contributed by atoms with van der Waals surface area (Å²) in [7, 11) is 1.42. The number of methoxy groups -OCH3 is 1. The van der Waals surface area contributed by atoms with Crippen molar-refractivity contribution >= 4 is 16.7 Å². The molecule has 0 radical (unpaired) electrons. The highest BCUT2D eigenvalue weighted by Gasteiger charge is 2.30. The number of carbonyl (C=O) groups is 1. The van der Waals surface area contributed by atoms with E-state index in [1.807, 2.05) is 30.3 Å². The summed E-state index contributed by atoms with van der Waals surface area (Å²) in [6.07, 6.45) is 1.86. The fourth-order valence-corrected chi connectivity index (χ4v) is 5.17. The van der Waals surface area contributed by atoms with Gasteiger partial charge in [0.2, 0.25) is 0 Å². The Kier molecular flexibility index (Phi) is 6.82. The van der Waals surface area contributed by atoms with Crippen LogP contribution in [0.1, 0.15) is 45.0 Å². The van der Waals surface area contributed by atoms with Crippen molar-refractivity contribution in [2.24, 2.45) is 0 Å². The van der Waals surface area contributed by atoms with E-state index in [0.717, 1.165) is 37.2 Å². The molecule has 5 rings (SSSR count). The summed E-state index contributed by atoms with van der Waals surface area (Å²) in [5, 5.41) is 6.23. The van der Waals surface area contributed by atoms with Gasteiger partial charge in [0, 0.05) is 18.0 Å². The van der Waals surface area contributed by atoms with Crippen LogP contribution in [0.2, 0.25) is 0 Å². The summed E-state index contributed by atoms with van der Waals surface area (Å²) < 4.78 is 11.4. The molecule has 1 heterocycles. The monoisotopic (exact) mass is 465 g/mol. The van der Waals surface area contributed by atoms with Crippen molar-refractivity contribution in [3.8, 4) is 5.75 Å². The van der Waals surface area contributed by atoms with Gasteiger partial charge in [-0.1, -0.05) is 66.7 Å². The van der Waals surface area contributed by atoms with Crippen LogP contribution in [0.3, 0.4) is 0 Å². The number of hydrogen-bond donors (Lipinski definition) is 1. The zero-order valence-corrected chi connectivity index (χ0v) is 20.3. The van der Waals surface area contributed by atoms with Crippen LogP contribution >= 0.6 is 0 Å². The number of carbonyl (C=O) groups excluding carboxylic acids is 1. The lowest BCUT2D eigenvalue weighted by Crippen LogP contribution is -2.36. The Balaban J connectivity index is 1.31. The molecular weight excluding hydrogens is 434 g/mol. The topological polar surface area (TPSA) is 47.6 Å². The number of ether oxygens (including phenoxy) is 2. The van der Waals surface area contributed by atoms with E-state index in [9.17, 15) is 4.79 Å². The van der Waals surface area contributed by atoms with Gasteiger partial charge in [-0.15, -0.1) is 0 Å². The number of nitrogens with one attached hydrogen (secondary N) is 1. The van der Waals surface area contributed by atoms with Crippen molar-refractivity contribution in [2.45, 2.75) is 31.8 Å². The van der Waals surface area contributed by atoms with E-state index < -0.39 is 0 Å². The predicted octanol–water partition coefficient (Wildman–Crippen LogP) is 6.05. The fraction of sp³-hybridized carbons (Fsp3) is 0.258. The molecule has 0 bridgehead atoms. The molecule has 0 aliphatic carbocycles. The molecule has 2 atom stereocenters. The molecule has 0 saturated heterocycles. The third-order valence-electron chi connectivity index (χ3n) is 6.99. The van der Waals surface area contributed by atoms with Gasteiger partial charge in [0.1, 0.15) is 11.9 Å². The number of aryl methyl sites for hydroxylation is 1. The zero-order valence-electron chi connectivity index (χ0n) is 20.3. The molecule has 35 heavy (non-hydrogen) atoms. The minimum absolute atomic E-state index is 0.0450. The first-order valence-electron chi connectivity index (χ1n) is 12.3. The largest absolute Gasteiger partial charge is 0.489 e. The molecule has 0 saturated carbocycles. The molecule has 178 valence electrons. The molecule has 1 N–H and O–H groups in total. The third-order valence-corrected chi connectivity index (χ3v) is 6.99. The van der Waals surface area contributed by atoms with Gasteiger partial charge < -0.3 is 14.8 Å². The number of fused-ring (bicyclic) bond motifs is 2. The normalized spacial score (nSPS) is 17.0. The van der Waals surface area contributed by atoms with E-state index in [-0.39, 0.29) is 18.0 Å². The van der Waals surface area contributed by atoms with E-state index in [1.54, 1.807) is 0 Å². The molecule has 0 spiro atoms. The van der Waals surface area contributed by atoms with Crippen molar-refractivity contribution in [1.82, 2.24) is 5.32 Å². The molecule has 0 aromatic heterocycles. The smallest absolute Gasteiger partial charge is 0.337 e. The van der Waals surface area contributed by atoms with Gasteiger partial charge in [0.05, 0.1) is 12.7 Å². The standard InChI is InChI=1S/C31H31NO3/c1-21-14-15-24(31(33)34-2)18-28(21)29-19-25(35-30-13-6-5-12-27(29)30)20-32-17-16-23-10-7-9-22-8-3-4-11-26(22)23/h3-15,18,25,29,32H,16-17,19-20H2,1-2H3. The summed E-state index contributed by atoms with van der Waals surface area (Å²) in [5.74, 6) is 0.778. The van der Waals surface area contributed by atoms with Gasteiger partial charge in [-0.3, -0.25) is 0 Å². The molecular formula is C31H31NO3. The Morgan fingerprint density at radius 3 is 2.66 bits per heavy atom. The number of esters is 1. The highest BCUT2D eigenvalue weighted by atomic mass is 16.5. The summed E-state index contributed by atoms with van der Waals surface area (Å²) in [6, 6.07) is 29.1. The van der Waals surface area contributed by atoms with Crippen LogP contribution in [0.25, 0.3) is 10.8 Å². The lowest BCUT2D eigenvalue weighted by Gasteiger charge is -2.33. The van der Waals surface area contributed by atoms with Gasteiger partial charge in [-0.05, 0) is 72.0 Å². The molecule has 4 heteroatoms. The molecule has 0 fully saturated rings. The maximum atomic E-state index is 12.2. The van der Waals surface area contributed by atoms with Crippen LogP contribution in [0.4, 0.5) is 0 Å². The van der Waals surface area contributed by atoms with E-state index in [4.69, 9.17) is 9.47 Å². The maximum absolute atomic E-state index is 12.2. The van der Waals surface area contributed by atoms with Gasteiger partial charge in [0.15, 0.2) is 0 Å². The van der Waals surface area contributed by atoms with Crippen LogP contribution in [-0.4, -0.2) is 32.3 Å². The highest BCUT2D eigenvalue weighted by Crippen LogP contribution is 2.41. The van der Waals surface area contributed by atoms with E-state index in [2.05, 4.69) is 66.8 Å². The molecule has 2 unspecified atom stereocenters. The summed E-state index contributed by atoms with van der Waals surface area (Å²) >= 11 is 0. The maximum Gasteiger partial charge on any atom is 0.337 e. The molecule has 4 nitrogen and oxygen atoms in total. The second-order valence-electron chi connectivity index (χ2n) is 9.22. The first-order chi connectivity index (χ1) is 17.1. The summed E-state index contributed by atoms with van der Waals surface area (Å²) in [4.78, 5) is 12.2. The van der Waals surface area contributed by atoms with Crippen molar-refractivity contribution in [3.05, 3.63) is 113 Å². The van der Waals surface area contributed by atoms with Crippen LogP contribution in [0.5, 0.6) is 5.75 Å². The molecule has 1 aliphatic rings. The number of rotatable bonds is 7. The summed E-state index contributed by atoms with van der Waals surface area (Å²) in [6.45, 7) is 3.76. The van der Waals surface area contributed by atoms with Crippen LogP contribution in [-0.2, 0) is 11.2 Å². The van der Waals surface area contributed by atoms with Gasteiger partial charge in [-0.25, -0.2) is 4.79 Å². The van der Waals surface area contributed by atoms with Crippen molar-refractivity contribution in [3.63, 3.8) is 0 Å². The molecule has 4 aromatic carbocycles. The van der Waals surface area contributed by atoms with Gasteiger partial charge in [0.25, 0.3) is 0 Å². The first kappa shape index (κ1) is 23.1. The van der Waals surface area contributed by atoms with Gasteiger partial charge in [-0.2, -0.15) is 0 Å². The van der Waals surface area contributed by atoms with Crippen LogP contribution < -0.4 is 10.1 Å². The lowest BCUT2D eigenvalue weighted by molar-refractivity contribution is 0.0600. The Bertz CT molecular complexity index is 1340. The Morgan fingerprint density at radius 2 is 1.77 bits per heavy atom. The Morgan fingerprint density at radius 1 is 0.971 bits per heavy atom.